The Morgan fingerprint density at radius 3 is 0.438 bits per heavy atom. The first-order valence-electron chi connectivity index (χ1n) is 45.4. The van der Waals surface area contributed by atoms with Gasteiger partial charge in [-0.2, -0.15) is 0 Å². The Morgan fingerprint density at radius 2 is 0.312 bits per heavy atom. The highest BCUT2D eigenvalue weighted by Gasteiger charge is 2.31. The molecule has 3 aromatic heterocycles. The number of ether oxygens (including phenoxy) is 16. The van der Waals surface area contributed by atoms with Crippen molar-refractivity contribution in [3.63, 3.8) is 0 Å². The fourth-order valence-electron chi connectivity index (χ4n) is 16.4. The van der Waals surface area contributed by atoms with Gasteiger partial charge in [0.05, 0.1) is 146 Å². The zero-order valence-corrected chi connectivity index (χ0v) is 79.4. The molecule has 0 atom stereocenters. The summed E-state index contributed by atoms with van der Waals surface area (Å²) in [5.41, 5.74) is 14.1. The van der Waals surface area contributed by atoms with Gasteiger partial charge in [-0.3, -0.25) is 0 Å². The lowest BCUT2D eigenvalue weighted by Crippen LogP contribution is -2.04. The molecule has 0 saturated carbocycles. The van der Waals surface area contributed by atoms with Crippen LogP contribution in [0.25, 0.3) is 90.9 Å². The summed E-state index contributed by atoms with van der Waals surface area (Å²) in [5.74, 6) is -1.85. The number of aromatic amines is 2. The summed E-state index contributed by atoms with van der Waals surface area (Å²) in [6.45, 7) is -0.425. The van der Waals surface area contributed by atoms with Crippen LogP contribution in [-0.4, -0.2) is 125 Å². The Labute approximate surface area is 826 Å². The van der Waals surface area contributed by atoms with E-state index in [-0.39, 0.29) is 52.9 Å². The maximum Gasteiger partial charge on any atom is 0.337 e. The summed E-state index contributed by atoms with van der Waals surface area (Å²) >= 11 is 0. The largest absolute Gasteiger partial charge is 0.488 e. The highest BCUT2D eigenvalue weighted by Crippen LogP contribution is 2.51. The van der Waals surface area contributed by atoms with Gasteiger partial charge in [0.2, 0.25) is 0 Å². The number of nitrogens with one attached hydrogen (secondary N) is 2. The Bertz CT molecular complexity index is 6390. The summed E-state index contributed by atoms with van der Waals surface area (Å²) in [4.78, 5) is 123. The molecule has 15 aromatic rings. The molecule has 0 saturated heterocycles. The van der Waals surface area contributed by atoms with Crippen LogP contribution in [0.3, 0.4) is 0 Å². The summed E-state index contributed by atoms with van der Waals surface area (Å²) in [5, 5.41) is 0. The van der Waals surface area contributed by atoms with Crippen LogP contribution in [0, 0.1) is 0 Å². The van der Waals surface area contributed by atoms with Crippen molar-refractivity contribution in [3.05, 3.63) is 403 Å². The van der Waals surface area contributed by atoms with Gasteiger partial charge in [0.25, 0.3) is 0 Å². The van der Waals surface area contributed by atoms with E-state index in [2.05, 4.69) is 9.97 Å². The van der Waals surface area contributed by atoms with E-state index in [1.165, 1.54) is 56.9 Å². The van der Waals surface area contributed by atoms with E-state index in [0.717, 1.165) is 0 Å². The van der Waals surface area contributed by atoms with E-state index in [9.17, 15) is 38.4 Å². The summed E-state index contributed by atoms with van der Waals surface area (Å²) in [6.07, 6.45) is 7.50. The number of hydrogen-bond acceptors (Lipinski definition) is 26. The van der Waals surface area contributed by atoms with E-state index < -0.39 is 47.8 Å². The van der Waals surface area contributed by atoms with Gasteiger partial charge in [-0.15, -0.1) is 0 Å². The topological polar surface area (TPSA) is 342 Å². The maximum absolute atomic E-state index is 12.9. The third-order valence-electron chi connectivity index (χ3n) is 23.9. The van der Waals surface area contributed by atoms with E-state index in [1.54, 1.807) is 218 Å². The number of hydrogen-bond donors (Lipinski definition) is 2. The van der Waals surface area contributed by atoms with Gasteiger partial charge >= 0.3 is 47.8 Å². The van der Waals surface area contributed by atoms with Crippen LogP contribution in [-0.2, 0) is 90.7 Å². The van der Waals surface area contributed by atoms with E-state index in [4.69, 9.17) is 85.8 Å². The van der Waals surface area contributed by atoms with Crippen LogP contribution in [0.15, 0.2) is 291 Å². The van der Waals surface area contributed by atoms with Gasteiger partial charge in [0.15, 0.2) is 0 Å². The van der Waals surface area contributed by atoms with Crippen LogP contribution < -0.4 is 37.9 Å². The molecule has 0 unspecified atom stereocenters. The highest BCUT2D eigenvalue weighted by atomic mass is 16.6. The zero-order chi connectivity index (χ0) is 100. The minimum atomic E-state index is -0.529. The second-order valence-electron chi connectivity index (χ2n) is 32.8. The zero-order valence-electron chi connectivity index (χ0n) is 79.4. The highest BCUT2D eigenvalue weighted by molar-refractivity contribution is 6.05. The van der Waals surface area contributed by atoms with Crippen LogP contribution >= 0.6 is 0 Å². The molecule has 0 radical (unpaired) electrons. The van der Waals surface area contributed by atoms with Crippen molar-refractivity contribution in [2.75, 3.05) is 56.9 Å². The van der Waals surface area contributed by atoms with Gasteiger partial charge in [-0.05, 0) is 239 Å². The third kappa shape index (κ3) is 22.1. The van der Waals surface area contributed by atoms with Crippen molar-refractivity contribution in [1.82, 2.24) is 19.9 Å². The molecule has 2 aliphatic rings. The average Bonchev–Trinajstić information content (AvgIpc) is 1.59. The van der Waals surface area contributed by atoms with Gasteiger partial charge < -0.3 is 85.8 Å². The van der Waals surface area contributed by atoms with Crippen molar-refractivity contribution in [2.45, 2.75) is 52.9 Å². The fraction of sp³-hybridized carbons (Fsp3) is 0.138. The second-order valence-corrected chi connectivity index (χ2v) is 32.8. The maximum atomic E-state index is 12.9. The first-order chi connectivity index (χ1) is 70.3. The first kappa shape index (κ1) is 97.1. The van der Waals surface area contributed by atoms with Gasteiger partial charge in [0, 0.05) is 44.3 Å². The molecule has 0 spiro atoms. The number of methoxy groups -OCH3 is 8. The second kappa shape index (κ2) is 44.9. The molecule has 8 bridgehead atoms. The van der Waals surface area contributed by atoms with E-state index in [0.29, 0.717) is 224 Å². The van der Waals surface area contributed by atoms with Crippen LogP contribution in [0.4, 0.5) is 0 Å². The standard InChI is InChI=1S/C116H94N4O24/c1-129-109(121)77-37-21-69(22-38-77)61-137-93-13-9-14-94(138-62-70-23-39-78(40-24-70)110(122)130-2)105(93)101-85-53-55-87(117-85)102(106-95(139-63-71-25-41-79(42-26-71)111(123)131-3)15-10-16-96(106)140-64-72-27-43-80(44-28-72)112(124)132-4)89-57-59-91(119-89)104(108-99(143-67-75-33-49-83(50-34-75)115(127)135-7)19-12-20-100(108)144-68-76-35-51-84(52-36-76)116(128)136-8)92-60-58-90(120-92)103(88-56-54-86(101)118-88)107-97(141-65-73-29-45-81(46-30-73)113(125)133-5)17-11-18-98(107)142-66-74-31-47-82(48-32-74)114(126)134-6/h9-60,117,120H,61-68H2,1-8H3. The Balaban J connectivity index is 0.994. The molecule has 0 aliphatic carbocycles. The van der Waals surface area contributed by atoms with Crippen LogP contribution in [0.5, 0.6) is 46.0 Å². The molecule has 722 valence electrons. The van der Waals surface area contributed by atoms with Crippen molar-refractivity contribution in [1.29, 1.82) is 0 Å². The SMILES string of the molecule is COC(=O)c1ccc(COc2cccc(OCc3ccc(C(=O)OC)cc3)c2-c2c3nc(c(-c4c(OCc5ccc(C(=O)OC)cc5)cccc4OCc4ccc(C(=O)OC)cc4)c4ccc([nH]4)c(-c4c(OCc5ccc(C(=O)OC)cc5)cccc4OCc4ccc(C(=O)OC)cc4)c4nc(c(-c5c(OCc6ccc(C(=O)OC)cc6)cccc5OCc5ccc(C(=O)OC)cc5)c5ccc2[nH]5)C=C4)C=C3)cc1. The van der Waals surface area contributed by atoms with Crippen molar-refractivity contribution < 1.29 is 114 Å². The molecule has 0 amide bonds. The molecular formula is C116H94N4O24. The molecule has 2 N–H and O–H groups in total. The number of esters is 8. The average molecular weight is 1930 g/mol. The molecule has 0 fully saturated rings. The molecular weight excluding hydrogens is 1830 g/mol. The lowest BCUT2D eigenvalue weighted by Gasteiger charge is -2.19. The van der Waals surface area contributed by atoms with Crippen molar-refractivity contribution in [2.24, 2.45) is 0 Å². The van der Waals surface area contributed by atoms with Crippen LogP contribution in [0.1, 0.15) is 150 Å². The monoisotopic (exact) mass is 1930 g/mol. The normalized spacial score (nSPS) is 11.2. The van der Waals surface area contributed by atoms with Crippen LogP contribution in [0.2, 0.25) is 0 Å². The molecule has 144 heavy (non-hydrogen) atoms. The number of benzene rings is 12. The molecule has 17 rings (SSSR count). The summed E-state index contributed by atoms with van der Waals surface area (Å²) in [7, 11) is 10.5. The summed E-state index contributed by atoms with van der Waals surface area (Å²) < 4.78 is 97.9. The number of carbonyl (C=O) groups is 8. The number of H-pyrrole nitrogens is 2. The lowest BCUT2D eigenvalue weighted by atomic mass is 10.0. The van der Waals surface area contributed by atoms with Crippen molar-refractivity contribution >= 4 is 94.1 Å². The number of rotatable bonds is 36. The van der Waals surface area contributed by atoms with Crippen molar-refractivity contribution in [3.8, 4) is 90.5 Å². The van der Waals surface area contributed by atoms with Gasteiger partial charge in [0.1, 0.15) is 98.9 Å². The predicted octanol–water partition coefficient (Wildman–Crippen LogP) is 22.2. The Morgan fingerprint density at radius 1 is 0.181 bits per heavy atom. The summed E-state index contributed by atoms with van der Waals surface area (Å²) in [6, 6.07) is 84.1. The number of nitrogens with zero attached hydrogens (tertiary/aromatic N) is 2. The molecule has 2 aliphatic heterocycles. The lowest BCUT2D eigenvalue weighted by molar-refractivity contribution is 0.0592. The van der Waals surface area contributed by atoms with Gasteiger partial charge in [-0.25, -0.2) is 48.3 Å². The fourth-order valence-corrected chi connectivity index (χ4v) is 16.4. The predicted molar refractivity (Wildman–Crippen MR) is 538 cm³/mol. The first-order valence-corrected chi connectivity index (χ1v) is 45.4. The number of carbonyl (C=O) groups excluding carboxylic acids is 8. The minimum absolute atomic E-state index is 0.0531. The van der Waals surface area contributed by atoms with E-state index in [1.807, 2.05) is 97.1 Å². The smallest absolute Gasteiger partial charge is 0.337 e. The minimum Gasteiger partial charge on any atom is -0.488 e. The Kier molecular flexibility index (Phi) is 30.3. The Hall–Kier alpha value is -18.6. The number of fused-ring (bicyclic) bond motifs is 8. The third-order valence-corrected chi connectivity index (χ3v) is 23.9. The van der Waals surface area contributed by atoms with E-state index >= 15 is 0 Å². The molecule has 28 heteroatoms. The molecule has 28 nitrogen and oxygen atoms in total. The molecule has 12 aromatic carbocycles. The quantitative estimate of drug-likeness (QED) is 0.0272. The molecule has 5 heterocycles. The van der Waals surface area contributed by atoms with Gasteiger partial charge in [-0.1, -0.05) is 121 Å². The number of aromatic nitrogens is 4.